The summed E-state index contributed by atoms with van der Waals surface area (Å²) in [6, 6.07) is 15.7. The van der Waals surface area contributed by atoms with E-state index in [2.05, 4.69) is 9.97 Å². The number of thiazole rings is 1. The predicted octanol–water partition coefficient (Wildman–Crippen LogP) is 3.54. The first-order chi connectivity index (χ1) is 10.2. The zero-order valence-electron chi connectivity index (χ0n) is 11.0. The van der Waals surface area contributed by atoms with E-state index in [1.807, 2.05) is 48.5 Å². The number of H-pyrrole nitrogens is 1. The molecular formula is C16H11N3OS. The Labute approximate surface area is 124 Å². The van der Waals surface area contributed by atoms with Gasteiger partial charge in [-0.2, -0.15) is 0 Å². The summed E-state index contributed by atoms with van der Waals surface area (Å²) in [5.41, 5.74) is 8.54. The van der Waals surface area contributed by atoms with Crippen LogP contribution in [0.3, 0.4) is 0 Å². The Balaban J connectivity index is 2.08. The number of nitrogens with zero attached hydrogens (tertiary/aromatic N) is 1. The van der Waals surface area contributed by atoms with E-state index in [4.69, 9.17) is 5.73 Å². The lowest BCUT2D eigenvalue weighted by molar-refractivity contribution is 0.0997. The van der Waals surface area contributed by atoms with Crippen LogP contribution >= 0.6 is 11.3 Å². The third-order valence-electron chi connectivity index (χ3n) is 3.46. The van der Waals surface area contributed by atoms with Gasteiger partial charge in [-0.25, -0.2) is 4.98 Å². The number of primary amides is 1. The maximum absolute atomic E-state index is 11.7. The van der Waals surface area contributed by atoms with Gasteiger partial charge in [0.25, 0.3) is 5.91 Å². The van der Waals surface area contributed by atoms with Crippen LogP contribution in [0.15, 0.2) is 48.5 Å². The van der Waals surface area contributed by atoms with Crippen molar-refractivity contribution in [2.45, 2.75) is 0 Å². The quantitative estimate of drug-likeness (QED) is 0.593. The zero-order chi connectivity index (χ0) is 14.4. The van der Waals surface area contributed by atoms with Crippen LogP contribution in [0.5, 0.6) is 0 Å². The molecule has 0 unspecified atom stereocenters. The van der Waals surface area contributed by atoms with Crippen molar-refractivity contribution < 1.29 is 4.79 Å². The summed E-state index contributed by atoms with van der Waals surface area (Å²) in [5, 5.41) is 1.77. The van der Waals surface area contributed by atoms with E-state index in [0.29, 0.717) is 5.69 Å². The molecule has 2 heterocycles. The lowest BCUT2D eigenvalue weighted by Crippen LogP contribution is -2.12. The molecule has 4 aromatic rings. The number of benzene rings is 2. The van der Waals surface area contributed by atoms with Gasteiger partial charge in [-0.3, -0.25) is 4.79 Å². The van der Waals surface area contributed by atoms with Crippen LogP contribution in [0.4, 0.5) is 0 Å². The normalized spacial score (nSPS) is 11.2. The molecule has 0 spiro atoms. The minimum Gasteiger partial charge on any atom is -0.364 e. The summed E-state index contributed by atoms with van der Waals surface area (Å²) >= 11 is 1.56. The highest BCUT2D eigenvalue weighted by Gasteiger charge is 2.19. The fourth-order valence-electron chi connectivity index (χ4n) is 2.53. The Kier molecular flexibility index (Phi) is 2.55. The second-order valence-electron chi connectivity index (χ2n) is 4.77. The van der Waals surface area contributed by atoms with Gasteiger partial charge in [-0.05, 0) is 18.2 Å². The number of hydrogen-bond donors (Lipinski definition) is 2. The molecule has 102 valence electrons. The summed E-state index contributed by atoms with van der Waals surface area (Å²) in [5.74, 6) is -0.472. The molecule has 5 heteroatoms. The molecule has 4 rings (SSSR count). The molecule has 3 N–H and O–H groups in total. The van der Waals surface area contributed by atoms with E-state index in [1.54, 1.807) is 11.3 Å². The average Bonchev–Trinajstić information content (AvgIpc) is 3.07. The van der Waals surface area contributed by atoms with E-state index >= 15 is 0 Å². The number of amides is 1. The van der Waals surface area contributed by atoms with E-state index < -0.39 is 5.91 Å². The second kappa shape index (κ2) is 4.43. The fourth-order valence-corrected chi connectivity index (χ4v) is 3.56. The van der Waals surface area contributed by atoms with Gasteiger partial charge in [0.2, 0.25) is 0 Å². The number of para-hydroxylation sites is 2. The number of carbonyl (C=O) groups excluding carboxylic acids is 1. The van der Waals surface area contributed by atoms with Gasteiger partial charge in [-0.15, -0.1) is 11.3 Å². The van der Waals surface area contributed by atoms with Crippen molar-refractivity contribution in [2.75, 3.05) is 0 Å². The summed E-state index contributed by atoms with van der Waals surface area (Å²) in [6.07, 6.45) is 0. The number of rotatable bonds is 2. The average molecular weight is 293 g/mol. The standard InChI is InChI=1S/C16H11N3OS/c17-15(20)14-13(9-5-1-2-6-10(9)18-14)16-19-11-7-3-4-8-12(11)21-16/h1-8,18H,(H2,17,20). The summed E-state index contributed by atoms with van der Waals surface area (Å²) < 4.78 is 1.09. The lowest BCUT2D eigenvalue weighted by Gasteiger charge is -1.97. The van der Waals surface area contributed by atoms with Crippen molar-refractivity contribution in [3.8, 4) is 10.6 Å². The Morgan fingerprint density at radius 2 is 1.86 bits per heavy atom. The molecule has 2 aromatic heterocycles. The number of aromatic amines is 1. The number of hydrogen-bond acceptors (Lipinski definition) is 3. The number of fused-ring (bicyclic) bond motifs is 2. The Morgan fingerprint density at radius 1 is 1.10 bits per heavy atom. The first-order valence-electron chi connectivity index (χ1n) is 6.50. The second-order valence-corrected chi connectivity index (χ2v) is 5.80. The third kappa shape index (κ3) is 1.82. The van der Waals surface area contributed by atoms with Crippen molar-refractivity contribution in [3.05, 3.63) is 54.2 Å². The first kappa shape index (κ1) is 12.1. The zero-order valence-corrected chi connectivity index (χ0v) is 11.8. The molecule has 2 aromatic carbocycles. The summed E-state index contributed by atoms with van der Waals surface area (Å²) in [7, 11) is 0. The number of aromatic nitrogens is 2. The molecule has 0 saturated heterocycles. The molecule has 0 saturated carbocycles. The SMILES string of the molecule is NC(=O)c1[nH]c2ccccc2c1-c1nc2ccccc2s1. The highest BCUT2D eigenvalue weighted by atomic mass is 32.1. The Bertz CT molecular complexity index is 950. The van der Waals surface area contributed by atoms with Gasteiger partial charge in [0.1, 0.15) is 10.7 Å². The van der Waals surface area contributed by atoms with Crippen LogP contribution in [0, 0.1) is 0 Å². The molecule has 1 amide bonds. The molecule has 21 heavy (non-hydrogen) atoms. The highest BCUT2D eigenvalue weighted by Crippen LogP contribution is 2.36. The highest BCUT2D eigenvalue weighted by molar-refractivity contribution is 7.21. The van der Waals surface area contributed by atoms with Gasteiger partial charge >= 0.3 is 0 Å². The van der Waals surface area contributed by atoms with Crippen LogP contribution in [-0.4, -0.2) is 15.9 Å². The minimum absolute atomic E-state index is 0.412. The van der Waals surface area contributed by atoms with E-state index in [0.717, 1.165) is 31.7 Å². The lowest BCUT2D eigenvalue weighted by atomic mass is 10.1. The van der Waals surface area contributed by atoms with Crippen LogP contribution < -0.4 is 5.73 Å². The van der Waals surface area contributed by atoms with E-state index in [-0.39, 0.29) is 0 Å². The van der Waals surface area contributed by atoms with Crippen LogP contribution in [0.1, 0.15) is 10.5 Å². The molecule has 0 aliphatic rings. The predicted molar refractivity (Wildman–Crippen MR) is 85.4 cm³/mol. The molecular weight excluding hydrogens is 282 g/mol. The number of nitrogens with one attached hydrogen (secondary N) is 1. The largest absolute Gasteiger partial charge is 0.364 e. The summed E-state index contributed by atoms with van der Waals surface area (Å²) in [4.78, 5) is 19.5. The molecule has 0 fully saturated rings. The van der Waals surface area contributed by atoms with E-state index in [1.165, 1.54) is 0 Å². The van der Waals surface area contributed by atoms with Gasteiger partial charge in [0.15, 0.2) is 0 Å². The summed E-state index contributed by atoms with van der Waals surface area (Å²) in [6.45, 7) is 0. The van der Waals surface area contributed by atoms with Crippen molar-refractivity contribution in [1.29, 1.82) is 0 Å². The maximum atomic E-state index is 11.7. The number of nitrogens with two attached hydrogens (primary N) is 1. The third-order valence-corrected chi connectivity index (χ3v) is 4.51. The van der Waals surface area contributed by atoms with Crippen molar-refractivity contribution in [3.63, 3.8) is 0 Å². The van der Waals surface area contributed by atoms with Crippen molar-refractivity contribution in [1.82, 2.24) is 9.97 Å². The number of carbonyl (C=O) groups is 1. The monoisotopic (exact) mass is 293 g/mol. The topological polar surface area (TPSA) is 71.8 Å². The van der Waals surface area contributed by atoms with Crippen molar-refractivity contribution in [2.24, 2.45) is 5.73 Å². The van der Waals surface area contributed by atoms with Gasteiger partial charge in [0.05, 0.1) is 10.2 Å². The molecule has 0 atom stereocenters. The van der Waals surface area contributed by atoms with Gasteiger partial charge in [0, 0.05) is 16.5 Å². The van der Waals surface area contributed by atoms with Gasteiger partial charge in [-0.1, -0.05) is 30.3 Å². The maximum Gasteiger partial charge on any atom is 0.265 e. The van der Waals surface area contributed by atoms with Gasteiger partial charge < -0.3 is 10.7 Å². The van der Waals surface area contributed by atoms with Crippen LogP contribution in [0.2, 0.25) is 0 Å². The first-order valence-corrected chi connectivity index (χ1v) is 7.32. The molecule has 0 radical (unpaired) electrons. The van der Waals surface area contributed by atoms with E-state index in [9.17, 15) is 4.79 Å². The fraction of sp³-hybridized carbons (Fsp3) is 0. The smallest absolute Gasteiger partial charge is 0.265 e. The molecule has 4 nitrogen and oxygen atoms in total. The van der Waals surface area contributed by atoms with Crippen molar-refractivity contribution >= 4 is 38.4 Å². The van der Waals surface area contributed by atoms with Crippen LogP contribution in [0.25, 0.3) is 31.7 Å². The Morgan fingerprint density at radius 3 is 2.67 bits per heavy atom. The van der Waals surface area contributed by atoms with Crippen LogP contribution in [-0.2, 0) is 0 Å². The molecule has 0 aliphatic carbocycles. The minimum atomic E-state index is -0.472. The Hall–Kier alpha value is -2.66. The molecule has 0 bridgehead atoms. The molecule has 0 aliphatic heterocycles.